The number of imidazole rings is 1. The van der Waals surface area contributed by atoms with Crippen LogP contribution < -0.4 is 4.74 Å². The van der Waals surface area contributed by atoms with Gasteiger partial charge in [0.05, 0.1) is 17.3 Å². The standard InChI is InChI=1S/C31H32N4O4/c1-21-27(34-17-8-7-15-25(34)32-21)29(36)26-28(35(31(38)30(26)37)18-10-16-33(2)3)23-13-9-14-24(19-23)39-20-22-11-5-4-6-12-22/h4-9,11-15,17,19,28,36H,10,16,18,20H2,1-3H3. The lowest BCUT2D eigenvalue weighted by atomic mass is 9.96. The summed E-state index contributed by atoms with van der Waals surface area (Å²) in [5.41, 5.74) is 3.39. The molecule has 0 bridgehead atoms. The zero-order valence-electron chi connectivity index (χ0n) is 22.4. The maximum absolute atomic E-state index is 13.5. The fourth-order valence-electron chi connectivity index (χ4n) is 5.06. The van der Waals surface area contributed by atoms with Gasteiger partial charge in [0.1, 0.15) is 23.7 Å². The number of aliphatic hydroxyl groups excluding tert-OH is 1. The molecular weight excluding hydrogens is 492 g/mol. The number of rotatable bonds is 9. The highest BCUT2D eigenvalue weighted by molar-refractivity contribution is 6.46. The number of Topliss-reactive ketones (excluding diaryl/α,β-unsaturated/α-hetero) is 1. The molecule has 0 spiro atoms. The average Bonchev–Trinajstić information content (AvgIpc) is 3.40. The number of likely N-dealkylation sites (tertiary alicyclic amines) is 1. The predicted octanol–water partition coefficient (Wildman–Crippen LogP) is 4.60. The second kappa shape index (κ2) is 11.1. The summed E-state index contributed by atoms with van der Waals surface area (Å²) in [7, 11) is 3.93. The normalized spacial score (nSPS) is 16.9. The number of carbonyl (C=O) groups is 2. The number of amides is 1. The first-order valence-corrected chi connectivity index (χ1v) is 13.0. The second-order valence-electron chi connectivity index (χ2n) is 9.97. The van der Waals surface area contributed by atoms with Crippen molar-refractivity contribution in [3.8, 4) is 5.75 Å². The quantitative estimate of drug-likeness (QED) is 0.196. The van der Waals surface area contributed by atoms with Crippen LogP contribution in [-0.2, 0) is 16.2 Å². The predicted molar refractivity (Wildman–Crippen MR) is 149 cm³/mol. The molecule has 1 N–H and O–H groups in total. The fourth-order valence-corrected chi connectivity index (χ4v) is 5.06. The van der Waals surface area contributed by atoms with Gasteiger partial charge in [0, 0.05) is 12.7 Å². The number of ketones is 1. The van der Waals surface area contributed by atoms with Crippen molar-refractivity contribution in [1.82, 2.24) is 19.2 Å². The fraction of sp³-hybridized carbons (Fsp3) is 0.258. The maximum Gasteiger partial charge on any atom is 0.295 e. The van der Waals surface area contributed by atoms with E-state index in [1.165, 1.54) is 0 Å². The van der Waals surface area contributed by atoms with E-state index in [0.29, 0.717) is 47.9 Å². The number of benzene rings is 2. The summed E-state index contributed by atoms with van der Waals surface area (Å²) in [6.07, 6.45) is 2.46. The molecule has 1 unspecified atom stereocenters. The minimum absolute atomic E-state index is 0.0545. The average molecular weight is 525 g/mol. The largest absolute Gasteiger partial charge is 0.505 e. The summed E-state index contributed by atoms with van der Waals surface area (Å²) < 4.78 is 7.79. The molecule has 8 nitrogen and oxygen atoms in total. The molecule has 200 valence electrons. The lowest BCUT2D eigenvalue weighted by Crippen LogP contribution is -2.32. The number of aryl methyl sites for hydroxylation is 1. The molecule has 0 aliphatic carbocycles. The Balaban J connectivity index is 1.58. The number of aliphatic hydroxyl groups is 1. The van der Waals surface area contributed by atoms with Crippen molar-refractivity contribution in [2.45, 2.75) is 26.0 Å². The van der Waals surface area contributed by atoms with Gasteiger partial charge in [-0.05, 0) is 69.4 Å². The van der Waals surface area contributed by atoms with E-state index in [4.69, 9.17) is 4.74 Å². The number of hydrogen-bond donors (Lipinski definition) is 1. The lowest BCUT2D eigenvalue weighted by molar-refractivity contribution is -0.139. The third-order valence-electron chi connectivity index (χ3n) is 6.89. The topological polar surface area (TPSA) is 87.4 Å². The number of pyridine rings is 1. The van der Waals surface area contributed by atoms with Crippen LogP contribution in [0.5, 0.6) is 5.75 Å². The van der Waals surface area contributed by atoms with Crippen molar-refractivity contribution < 1.29 is 19.4 Å². The first kappa shape index (κ1) is 26.2. The lowest BCUT2D eigenvalue weighted by Gasteiger charge is -2.26. The molecule has 1 aliphatic heterocycles. The van der Waals surface area contributed by atoms with E-state index >= 15 is 0 Å². The molecule has 8 heteroatoms. The van der Waals surface area contributed by atoms with Crippen LogP contribution in [0, 0.1) is 6.92 Å². The molecule has 3 heterocycles. The van der Waals surface area contributed by atoms with Crippen LogP contribution >= 0.6 is 0 Å². The highest BCUT2D eigenvalue weighted by Gasteiger charge is 2.46. The van der Waals surface area contributed by atoms with E-state index in [1.54, 1.807) is 22.4 Å². The second-order valence-corrected chi connectivity index (χ2v) is 9.97. The summed E-state index contributed by atoms with van der Waals surface area (Å²) in [6.45, 7) is 3.28. The molecule has 1 amide bonds. The van der Waals surface area contributed by atoms with Crippen LogP contribution in [0.4, 0.5) is 0 Å². The zero-order chi connectivity index (χ0) is 27.5. The van der Waals surface area contributed by atoms with Crippen molar-refractivity contribution in [1.29, 1.82) is 0 Å². The summed E-state index contributed by atoms with van der Waals surface area (Å²) in [5.74, 6) is -0.952. The molecule has 1 atom stereocenters. The highest BCUT2D eigenvalue weighted by Crippen LogP contribution is 2.41. The van der Waals surface area contributed by atoms with Gasteiger partial charge in [-0.25, -0.2) is 4.98 Å². The summed E-state index contributed by atoms with van der Waals surface area (Å²) in [4.78, 5) is 35.0. The summed E-state index contributed by atoms with van der Waals surface area (Å²) in [6, 6.07) is 22.0. The molecule has 2 aromatic carbocycles. The number of fused-ring (bicyclic) bond motifs is 1. The van der Waals surface area contributed by atoms with E-state index in [9.17, 15) is 14.7 Å². The van der Waals surface area contributed by atoms with E-state index in [0.717, 1.165) is 12.1 Å². The Morgan fingerprint density at radius 3 is 2.56 bits per heavy atom. The molecule has 4 aromatic rings. The molecule has 39 heavy (non-hydrogen) atoms. The van der Waals surface area contributed by atoms with Crippen LogP contribution in [0.25, 0.3) is 11.4 Å². The third-order valence-corrected chi connectivity index (χ3v) is 6.89. The Morgan fingerprint density at radius 2 is 1.79 bits per heavy atom. The number of ether oxygens (including phenoxy) is 1. The third kappa shape index (κ3) is 5.28. The van der Waals surface area contributed by atoms with Crippen molar-refractivity contribution in [2.75, 3.05) is 27.2 Å². The number of hydrogen-bond acceptors (Lipinski definition) is 6. The summed E-state index contributed by atoms with van der Waals surface area (Å²) in [5, 5.41) is 11.6. The number of carbonyl (C=O) groups excluding carboxylic acids is 2. The maximum atomic E-state index is 13.5. The van der Waals surface area contributed by atoms with Crippen molar-refractivity contribution in [3.63, 3.8) is 0 Å². The van der Waals surface area contributed by atoms with Gasteiger partial charge in [0.2, 0.25) is 0 Å². The molecule has 1 aliphatic rings. The van der Waals surface area contributed by atoms with E-state index in [2.05, 4.69) is 4.98 Å². The monoisotopic (exact) mass is 524 g/mol. The van der Waals surface area contributed by atoms with Gasteiger partial charge < -0.3 is 19.6 Å². The first-order valence-electron chi connectivity index (χ1n) is 13.0. The van der Waals surface area contributed by atoms with Crippen molar-refractivity contribution in [2.24, 2.45) is 0 Å². The van der Waals surface area contributed by atoms with Crippen LogP contribution in [0.2, 0.25) is 0 Å². The Bertz CT molecular complexity index is 1540. The minimum atomic E-state index is -0.763. The van der Waals surface area contributed by atoms with E-state index in [-0.39, 0.29) is 11.3 Å². The van der Waals surface area contributed by atoms with Gasteiger partial charge in [-0.1, -0.05) is 48.5 Å². The Morgan fingerprint density at radius 1 is 1.03 bits per heavy atom. The van der Waals surface area contributed by atoms with Gasteiger partial charge in [-0.2, -0.15) is 0 Å². The van der Waals surface area contributed by atoms with E-state index in [1.807, 2.05) is 91.8 Å². The SMILES string of the molecule is Cc1nc2ccccn2c1C(O)=C1C(=O)C(=O)N(CCCN(C)C)C1c1cccc(OCc2ccccc2)c1. The summed E-state index contributed by atoms with van der Waals surface area (Å²) >= 11 is 0. The molecule has 0 radical (unpaired) electrons. The molecule has 2 aromatic heterocycles. The van der Waals surface area contributed by atoms with Crippen LogP contribution in [0.1, 0.15) is 35.0 Å². The van der Waals surface area contributed by atoms with Gasteiger partial charge in [-0.3, -0.25) is 14.0 Å². The smallest absolute Gasteiger partial charge is 0.295 e. The molecule has 1 saturated heterocycles. The Hall–Kier alpha value is -4.43. The molecule has 5 rings (SSSR count). The molecule has 0 saturated carbocycles. The number of aromatic nitrogens is 2. The van der Waals surface area contributed by atoms with Gasteiger partial charge in [-0.15, -0.1) is 0 Å². The van der Waals surface area contributed by atoms with E-state index < -0.39 is 17.7 Å². The van der Waals surface area contributed by atoms with Gasteiger partial charge >= 0.3 is 0 Å². The Kier molecular flexibility index (Phi) is 7.47. The molecular formula is C31H32N4O4. The van der Waals surface area contributed by atoms with Gasteiger partial charge in [0.15, 0.2) is 5.76 Å². The number of nitrogens with zero attached hydrogens (tertiary/aromatic N) is 4. The first-order chi connectivity index (χ1) is 18.8. The highest BCUT2D eigenvalue weighted by atomic mass is 16.5. The molecule has 1 fully saturated rings. The minimum Gasteiger partial charge on any atom is -0.505 e. The van der Waals surface area contributed by atoms with Crippen molar-refractivity contribution in [3.05, 3.63) is 107 Å². The van der Waals surface area contributed by atoms with Gasteiger partial charge in [0.25, 0.3) is 11.7 Å². The van der Waals surface area contributed by atoms with Crippen LogP contribution in [0.3, 0.4) is 0 Å². The van der Waals surface area contributed by atoms with Crippen LogP contribution in [-0.4, -0.2) is 63.2 Å². The zero-order valence-corrected chi connectivity index (χ0v) is 22.4. The Labute approximate surface area is 227 Å². The van der Waals surface area contributed by atoms with Crippen molar-refractivity contribution >= 4 is 23.1 Å². The van der Waals surface area contributed by atoms with Crippen LogP contribution in [0.15, 0.2) is 84.6 Å².